The topological polar surface area (TPSA) is 101 Å². The highest BCUT2D eigenvalue weighted by molar-refractivity contribution is 5.98. The number of rotatable bonds is 7. The zero-order valence-electron chi connectivity index (χ0n) is 18.9. The first-order valence-corrected chi connectivity index (χ1v) is 11.2. The van der Waals surface area contributed by atoms with Gasteiger partial charge in [0.05, 0.1) is 23.1 Å². The number of amides is 2. The van der Waals surface area contributed by atoms with E-state index in [1.807, 2.05) is 6.07 Å². The van der Waals surface area contributed by atoms with Crippen LogP contribution in [0, 0.1) is 17.5 Å². The molecule has 3 aromatic rings. The second kappa shape index (κ2) is 10.5. The zero-order chi connectivity index (χ0) is 24.9. The SMILES string of the molecule is NC(=O)c1cnc(Cc2ccc(N3CCCCCC3=O)cn2)cc1NCc1c(F)ccc(F)c1F. The third-order valence-corrected chi connectivity index (χ3v) is 5.88. The minimum atomic E-state index is -1.31. The molecule has 0 unspecified atom stereocenters. The number of carbonyl (C=O) groups is 2. The maximum atomic E-state index is 14.0. The highest BCUT2D eigenvalue weighted by Gasteiger charge is 2.19. The minimum Gasteiger partial charge on any atom is -0.380 e. The standard InChI is InChI=1S/C25H24F3N5O2/c26-20-7-8-21(27)24(28)18(20)13-32-22-11-16(31-14-19(22)25(29)35)10-15-5-6-17(12-30-15)33-9-3-1-2-4-23(33)34/h5-8,11-12,14H,1-4,9-10,13H2,(H2,29,35)(H,31,32). The van der Waals surface area contributed by atoms with E-state index < -0.39 is 35.5 Å². The van der Waals surface area contributed by atoms with E-state index in [2.05, 4.69) is 15.3 Å². The summed E-state index contributed by atoms with van der Waals surface area (Å²) in [5, 5.41) is 2.76. The fourth-order valence-corrected chi connectivity index (χ4v) is 3.97. The summed E-state index contributed by atoms with van der Waals surface area (Å²) in [6.45, 7) is 0.257. The molecule has 182 valence electrons. The molecule has 4 rings (SSSR count). The Hall–Kier alpha value is -3.95. The van der Waals surface area contributed by atoms with Crippen LogP contribution in [0.5, 0.6) is 0 Å². The molecule has 1 aromatic carbocycles. The van der Waals surface area contributed by atoms with Crippen molar-refractivity contribution in [3.05, 3.63) is 82.7 Å². The first-order valence-electron chi connectivity index (χ1n) is 11.2. The van der Waals surface area contributed by atoms with E-state index >= 15 is 0 Å². The molecule has 3 heterocycles. The summed E-state index contributed by atoms with van der Waals surface area (Å²) in [6, 6.07) is 6.69. The lowest BCUT2D eigenvalue weighted by Crippen LogP contribution is -2.30. The number of nitrogens with one attached hydrogen (secondary N) is 1. The van der Waals surface area contributed by atoms with E-state index in [-0.39, 0.29) is 17.2 Å². The van der Waals surface area contributed by atoms with Crippen molar-refractivity contribution in [2.24, 2.45) is 5.73 Å². The monoisotopic (exact) mass is 483 g/mol. The molecule has 1 saturated heterocycles. The summed E-state index contributed by atoms with van der Waals surface area (Å²) in [5.41, 5.74) is 7.06. The Morgan fingerprint density at radius 3 is 2.51 bits per heavy atom. The second-order valence-electron chi connectivity index (χ2n) is 8.30. The van der Waals surface area contributed by atoms with Gasteiger partial charge in [-0.15, -0.1) is 0 Å². The molecule has 10 heteroatoms. The largest absolute Gasteiger partial charge is 0.380 e. The molecule has 2 aromatic heterocycles. The van der Waals surface area contributed by atoms with Gasteiger partial charge in [-0.2, -0.15) is 0 Å². The molecule has 0 atom stereocenters. The van der Waals surface area contributed by atoms with Gasteiger partial charge >= 0.3 is 0 Å². The molecule has 0 aliphatic carbocycles. The van der Waals surface area contributed by atoms with Gasteiger partial charge < -0.3 is 16.0 Å². The Morgan fingerprint density at radius 1 is 1.00 bits per heavy atom. The van der Waals surface area contributed by atoms with Crippen LogP contribution in [0.2, 0.25) is 0 Å². The normalized spacial score (nSPS) is 14.0. The number of hydrogen-bond donors (Lipinski definition) is 2. The lowest BCUT2D eigenvalue weighted by atomic mass is 10.1. The average Bonchev–Trinajstić information content (AvgIpc) is 3.06. The van der Waals surface area contributed by atoms with E-state index in [0.29, 0.717) is 36.8 Å². The Morgan fingerprint density at radius 2 is 1.77 bits per heavy atom. The van der Waals surface area contributed by atoms with E-state index in [1.165, 1.54) is 12.3 Å². The van der Waals surface area contributed by atoms with E-state index in [4.69, 9.17) is 5.73 Å². The molecular weight excluding hydrogens is 459 g/mol. The molecule has 0 spiro atoms. The molecule has 0 saturated carbocycles. The van der Waals surface area contributed by atoms with Crippen molar-refractivity contribution in [3.8, 4) is 0 Å². The van der Waals surface area contributed by atoms with Crippen molar-refractivity contribution >= 4 is 23.2 Å². The first-order chi connectivity index (χ1) is 16.8. The molecule has 0 bridgehead atoms. The van der Waals surface area contributed by atoms with Gasteiger partial charge in [0.2, 0.25) is 5.91 Å². The highest BCUT2D eigenvalue weighted by atomic mass is 19.2. The van der Waals surface area contributed by atoms with Gasteiger partial charge in [0.25, 0.3) is 5.91 Å². The Bertz CT molecular complexity index is 1250. The Kier molecular flexibility index (Phi) is 7.28. The maximum Gasteiger partial charge on any atom is 0.252 e. The van der Waals surface area contributed by atoms with Crippen LogP contribution in [0.4, 0.5) is 24.5 Å². The van der Waals surface area contributed by atoms with Crippen LogP contribution in [0.15, 0.2) is 42.7 Å². The lowest BCUT2D eigenvalue weighted by molar-refractivity contribution is -0.118. The highest BCUT2D eigenvalue weighted by Crippen LogP contribution is 2.23. The van der Waals surface area contributed by atoms with Crippen LogP contribution in [-0.4, -0.2) is 28.3 Å². The molecule has 1 aliphatic heterocycles. The molecule has 0 radical (unpaired) electrons. The number of nitrogens with two attached hydrogens (primary N) is 1. The Balaban J connectivity index is 1.52. The van der Waals surface area contributed by atoms with Gasteiger partial charge in [-0.1, -0.05) is 6.42 Å². The maximum absolute atomic E-state index is 14.0. The van der Waals surface area contributed by atoms with Crippen molar-refractivity contribution in [1.29, 1.82) is 0 Å². The number of benzene rings is 1. The van der Waals surface area contributed by atoms with Crippen molar-refractivity contribution in [2.75, 3.05) is 16.8 Å². The van der Waals surface area contributed by atoms with Crippen LogP contribution in [0.1, 0.15) is 53.0 Å². The third kappa shape index (κ3) is 5.59. The van der Waals surface area contributed by atoms with Gasteiger partial charge in [0.1, 0.15) is 5.82 Å². The van der Waals surface area contributed by atoms with Gasteiger partial charge in [-0.3, -0.25) is 19.6 Å². The Labute approximate surface area is 200 Å². The van der Waals surface area contributed by atoms with E-state index in [1.54, 1.807) is 17.2 Å². The summed E-state index contributed by atoms with van der Waals surface area (Å²) < 4.78 is 41.5. The van der Waals surface area contributed by atoms with Gasteiger partial charge in [-0.25, -0.2) is 13.2 Å². The number of pyridine rings is 2. The average molecular weight is 483 g/mol. The molecule has 1 fully saturated rings. The summed E-state index contributed by atoms with van der Waals surface area (Å²) in [4.78, 5) is 34.6. The van der Waals surface area contributed by atoms with E-state index in [0.717, 1.165) is 31.0 Å². The molecule has 7 nitrogen and oxygen atoms in total. The molecule has 1 aliphatic rings. The number of primary amides is 1. The van der Waals surface area contributed by atoms with Crippen LogP contribution in [0.3, 0.4) is 0 Å². The molecular formula is C25H24F3N5O2. The molecule has 35 heavy (non-hydrogen) atoms. The van der Waals surface area contributed by atoms with Crippen molar-refractivity contribution in [1.82, 2.24) is 9.97 Å². The van der Waals surface area contributed by atoms with Crippen molar-refractivity contribution < 1.29 is 22.8 Å². The number of nitrogens with zero attached hydrogens (tertiary/aromatic N) is 3. The van der Waals surface area contributed by atoms with Gasteiger partial charge in [0.15, 0.2) is 11.6 Å². The smallest absolute Gasteiger partial charge is 0.252 e. The number of aromatic nitrogens is 2. The third-order valence-electron chi connectivity index (χ3n) is 5.88. The second-order valence-corrected chi connectivity index (χ2v) is 8.30. The van der Waals surface area contributed by atoms with Crippen LogP contribution in [0.25, 0.3) is 0 Å². The number of carbonyl (C=O) groups excluding carboxylic acids is 2. The predicted molar refractivity (Wildman–Crippen MR) is 124 cm³/mol. The quantitative estimate of drug-likeness (QED) is 0.493. The van der Waals surface area contributed by atoms with Gasteiger partial charge in [-0.05, 0) is 43.2 Å². The first kappa shape index (κ1) is 24.2. The number of halogens is 3. The summed E-state index contributed by atoms with van der Waals surface area (Å²) in [6.07, 6.45) is 6.59. The van der Waals surface area contributed by atoms with Crippen molar-refractivity contribution in [2.45, 2.75) is 38.6 Å². The lowest BCUT2D eigenvalue weighted by Gasteiger charge is -2.20. The van der Waals surface area contributed by atoms with E-state index in [9.17, 15) is 22.8 Å². The minimum absolute atomic E-state index is 0.0222. The summed E-state index contributed by atoms with van der Waals surface area (Å²) in [5.74, 6) is -4.10. The van der Waals surface area contributed by atoms with Crippen LogP contribution in [-0.2, 0) is 17.8 Å². The number of hydrogen-bond acceptors (Lipinski definition) is 5. The van der Waals surface area contributed by atoms with Crippen LogP contribution < -0.4 is 16.0 Å². The molecule has 2 amide bonds. The zero-order valence-corrected chi connectivity index (χ0v) is 18.9. The summed E-state index contributed by atoms with van der Waals surface area (Å²) >= 11 is 0. The van der Waals surface area contributed by atoms with Gasteiger partial charge in [0, 0.05) is 49.1 Å². The number of anilines is 2. The predicted octanol–water partition coefficient (Wildman–Crippen LogP) is 4.10. The van der Waals surface area contributed by atoms with Crippen LogP contribution >= 0.6 is 0 Å². The van der Waals surface area contributed by atoms with Crippen molar-refractivity contribution in [3.63, 3.8) is 0 Å². The molecule has 3 N–H and O–H groups in total. The fraction of sp³-hybridized carbons (Fsp3) is 0.280. The fourth-order valence-electron chi connectivity index (χ4n) is 3.97. The summed E-state index contributed by atoms with van der Waals surface area (Å²) in [7, 11) is 0.